The van der Waals surface area contributed by atoms with Gasteiger partial charge in [0.05, 0.1) is 6.04 Å². The molecule has 0 saturated carbocycles. The first-order valence-electron chi connectivity index (χ1n) is 15.2. The van der Waals surface area contributed by atoms with Gasteiger partial charge in [-0.05, 0) is 87.1 Å². The molecular formula is C34H44Cl3N5O2. The van der Waals surface area contributed by atoms with E-state index in [9.17, 15) is 9.59 Å². The van der Waals surface area contributed by atoms with Crippen molar-refractivity contribution in [2.24, 2.45) is 5.92 Å². The van der Waals surface area contributed by atoms with E-state index in [1.807, 2.05) is 54.6 Å². The van der Waals surface area contributed by atoms with Crippen LogP contribution in [0.4, 0.5) is 11.4 Å². The van der Waals surface area contributed by atoms with Gasteiger partial charge in [0.2, 0.25) is 5.91 Å². The molecule has 0 aromatic heterocycles. The number of amides is 2. The second-order valence-electron chi connectivity index (χ2n) is 11.8. The molecule has 0 bridgehead atoms. The zero-order valence-corrected chi connectivity index (χ0v) is 27.4. The highest BCUT2D eigenvalue weighted by molar-refractivity contribution is 6.08. The average molecular weight is 661 g/mol. The van der Waals surface area contributed by atoms with Crippen LogP contribution in [0.3, 0.4) is 0 Å². The molecule has 0 spiro atoms. The van der Waals surface area contributed by atoms with Crippen LogP contribution in [0, 0.1) is 5.92 Å². The fraction of sp³-hybridized carbons (Fsp3) is 0.412. The Morgan fingerprint density at radius 2 is 1.52 bits per heavy atom. The van der Waals surface area contributed by atoms with Crippen LogP contribution < -0.4 is 21.3 Å². The van der Waals surface area contributed by atoms with Gasteiger partial charge in [-0.1, -0.05) is 67.1 Å². The molecule has 7 nitrogen and oxygen atoms in total. The number of hydrogen-bond acceptors (Lipinski definition) is 5. The van der Waals surface area contributed by atoms with Gasteiger partial charge in [0.25, 0.3) is 5.91 Å². The molecule has 0 radical (unpaired) electrons. The van der Waals surface area contributed by atoms with Crippen molar-refractivity contribution in [2.45, 2.75) is 56.7 Å². The third-order valence-corrected chi connectivity index (χ3v) is 8.91. The van der Waals surface area contributed by atoms with Crippen LogP contribution >= 0.6 is 37.2 Å². The monoisotopic (exact) mass is 659 g/mol. The van der Waals surface area contributed by atoms with Crippen molar-refractivity contribution in [3.8, 4) is 0 Å². The maximum atomic E-state index is 14.1. The Balaban J connectivity index is 0.00000176. The molecule has 238 valence electrons. The van der Waals surface area contributed by atoms with E-state index < -0.39 is 11.6 Å². The predicted octanol–water partition coefficient (Wildman–Crippen LogP) is 6.44. The molecule has 2 amide bonds. The lowest BCUT2D eigenvalue weighted by Crippen LogP contribution is -2.57. The van der Waals surface area contributed by atoms with E-state index in [-0.39, 0.29) is 49.0 Å². The Hall–Kier alpha value is -2.81. The van der Waals surface area contributed by atoms with E-state index >= 15 is 0 Å². The van der Waals surface area contributed by atoms with Crippen LogP contribution in [0.15, 0.2) is 78.9 Å². The summed E-state index contributed by atoms with van der Waals surface area (Å²) in [6, 6.07) is 25.7. The van der Waals surface area contributed by atoms with E-state index in [1.54, 1.807) is 0 Å². The van der Waals surface area contributed by atoms with Crippen molar-refractivity contribution in [2.75, 3.05) is 36.8 Å². The standard InChI is InChI=1S/C34H41N5O2.3ClH/c40-31(23-25-17-19-35-20-18-25)38-34(29-11-5-6-12-30(29)37-33(34)41)32(27-9-3-1-4-10-27)36-28-15-13-26(14-16-28)24-39-21-7-2-8-22-39;;;/h1,3-6,9-16,25,32,35-36H,2,7-8,17-24H2,(H,37,41)(H,38,40);3*1H. The van der Waals surface area contributed by atoms with E-state index in [4.69, 9.17) is 0 Å². The largest absolute Gasteiger partial charge is 0.375 e. The number of carbonyl (C=O) groups excluding carboxylic acids is 2. The molecule has 10 heteroatoms. The van der Waals surface area contributed by atoms with Gasteiger partial charge >= 0.3 is 0 Å². The lowest BCUT2D eigenvalue weighted by molar-refractivity contribution is -0.131. The van der Waals surface area contributed by atoms with Crippen molar-refractivity contribution in [3.05, 3.63) is 95.6 Å². The third kappa shape index (κ3) is 7.88. The molecule has 3 heterocycles. The van der Waals surface area contributed by atoms with Gasteiger partial charge in [-0.15, -0.1) is 37.2 Å². The van der Waals surface area contributed by atoms with Gasteiger partial charge in [0.15, 0.2) is 5.54 Å². The van der Waals surface area contributed by atoms with Crippen molar-refractivity contribution >= 4 is 60.4 Å². The molecule has 2 fully saturated rings. The highest BCUT2D eigenvalue weighted by atomic mass is 35.5. The highest BCUT2D eigenvalue weighted by Crippen LogP contribution is 2.46. The SMILES string of the molecule is Cl.Cl.Cl.O=C(CC1CCNCC1)NC1(C(Nc2ccc(CN3CCCCC3)cc2)c2ccccc2)C(=O)Nc2ccccc21. The second-order valence-corrected chi connectivity index (χ2v) is 11.8. The number of hydrogen-bond donors (Lipinski definition) is 4. The number of fused-ring (bicyclic) bond motifs is 1. The number of likely N-dealkylation sites (tertiary alicyclic amines) is 1. The molecule has 4 N–H and O–H groups in total. The second kappa shape index (κ2) is 16.5. The predicted molar refractivity (Wildman–Crippen MR) is 185 cm³/mol. The van der Waals surface area contributed by atoms with Crippen molar-refractivity contribution in [1.82, 2.24) is 15.5 Å². The number of anilines is 2. The zero-order chi connectivity index (χ0) is 28.1. The van der Waals surface area contributed by atoms with Crippen LogP contribution in [0.25, 0.3) is 0 Å². The normalized spacial score (nSPS) is 20.5. The first-order valence-corrected chi connectivity index (χ1v) is 15.2. The molecule has 2 unspecified atom stereocenters. The minimum Gasteiger partial charge on any atom is -0.375 e. The van der Waals surface area contributed by atoms with E-state index in [0.29, 0.717) is 12.3 Å². The Morgan fingerprint density at radius 3 is 2.23 bits per heavy atom. The van der Waals surface area contributed by atoms with Gasteiger partial charge in [-0.25, -0.2) is 0 Å². The zero-order valence-electron chi connectivity index (χ0n) is 24.9. The minimum absolute atomic E-state index is 0. The Morgan fingerprint density at radius 1 is 0.864 bits per heavy atom. The number of nitrogens with one attached hydrogen (secondary N) is 4. The summed E-state index contributed by atoms with van der Waals surface area (Å²) in [5, 5.41) is 13.4. The summed E-state index contributed by atoms with van der Waals surface area (Å²) in [4.78, 5) is 30.3. The van der Waals surface area contributed by atoms with Crippen molar-refractivity contribution in [3.63, 3.8) is 0 Å². The Kier molecular flexibility index (Phi) is 13.4. The minimum atomic E-state index is -1.31. The van der Waals surface area contributed by atoms with Crippen LogP contribution in [-0.2, 0) is 21.7 Å². The van der Waals surface area contributed by atoms with Gasteiger partial charge in [0, 0.05) is 29.9 Å². The summed E-state index contributed by atoms with van der Waals surface area (Å²) in [6.45, 7) is 5.12. The number of rotatable bonds is 9. The first kappa shape index (κ1) is 35.7. The Bertz CT molecular complexity index is 1350. The Labute approximate surface area is 279 Å². The number of carbonyl (C=O) groups is 2. The number of benzene rings is 3. The summed E-state index contributed by atoms with van der Waals surface area (Å²) in [5.41, 5.74) is 3.33. The third-order valence-electron chi connectivity index (χ3n) is 8.91. The van der Waals surface area contributed by atoms with Crippen LogP contribution in [-0.4, -0.2) is 42.9 Å². The molecule has 6 rings (SSSR count). The molecule has 44 heavy (non-hydrogen) atoms. The van der Waals surface area contributed by atoms with Gasteiger partial charge in [-0.2, -0.15) is 0 Å². The molecule has 3 aromatic rings. The van der Waals surface area contributed by atoms with E-state index in [1.165, 1.54) is 24.8 Å². The van der Waals surface area contributed by atoms with Crippen LogP contribution in [0.5, 0.6) is 0 Å². The quantitative estimate of drug-likeness (QED) is 0.212. The number of piperidine rings is 2. The van der Waals surface area contributed by atoms with E-state index in [0.717, 1.165) is 68.1 Å². The maximum Gasteiger partial charge on any atom is 0.257 e. The van der Waals surface area contributed by atoms with Gasteiger partial charge in [0.1, 0.15) is 0 Å². The molecule has 2 atom stereocenters. The summed E-state index contributed by atoms with van der Waals surface area (Å²) < 4.78 is 0. The highest BCUT2D eigenvalue weighted by Gasteiger charge is 2.54. The molecule has 0 aliphatic carbocycles. The first-order chi connectivity index (χ1) is 20.1. The molecule has 3 aliphatic rings. The average Bonchev–Trinajstić information content (AvgIpc) is 3.29. The topological polar surface area (TPSA) is 85.5 Å². The molecule has 2 saturated heterocycles. The van der Waals surface area contributed by atoms with Gasteiger partial charge < -0.3 is 21.3 Å². The summed E-state index contributed by atoms with van der Waals surface area (Å²) in [7, 11) is 0. The number of halogens is 3. The van der Waals surface area contributed by atoms with Crippen LogP contribution in [0.1, 0.15) is 61.3 Å². The lowest BCUT2D eigenvalue weighted by atomic mass is 9.79. The van der Waals surface area contributed by atoms with E-state index in [2.05, 4.69) is 50.4 Å². The number of nitrogens with zero attached hydrogens (tertiary/aromatic N) is 1. The fourth-order valence-electron chi connectivity index (χ4n) is 6.72. The lowest BCUT2D eigenvalue weighted by Gasteiger charge is -2.38. The van der Waals surface area contributed by atoms with Crippen LogP contribution in [0.2, 0.25) is 0 Å². The van der Waals surface area contributed by atoms with Crippen molar-refractivity contribution < 1.29 is 9.59 Å². The molecular weight excluding hydrogens is 617 g/mol. The molecule has 3 aliphatic heterocycles. The number of para-hydroxylation sites is 1. The fourth-order valence-corrected chi connectivity index (χ4v) is 6.72. The maximum absolute atomic E-state index is 14.1. The summed E-state index contributed by atoms with van der Waals surface area (Å²) >= 11 is 0. The molecule has 3 aromatic carbocycles. The smallest absolute Gasteiger partial charge is 0.257 e. The summed E-state index contributed by atoms with van der Waals surface area (Å²) in [6.07, 6.45) is 6.21. The summed E-state index contributed by atoms with van der Waals surface area (Å²) in [5.74, 6) is -0.00705. The van der Waals surface area contributed by atoms with Crippen molar-refractivity contribution in [1.29, 1.82) is 0 Å². The van der Waals surface area contributed by atoms with Gasteiger partial charge in [-0.3, -0.25) is 14.5 Å².